The van der Waals surface area contributed by atoms with E-state index in [1.807, 2.05) is 18.2 Å². The average Bonchev–Trinajstić information content (AvgIpc) is 2.38. The topological polar surface area (TPSA) is 73.1 Å². The van der Waals surface area contributed by atoms with Gasteiger partial charge in [-0.15, -0.1) is 0 Å². The quantitative estimate of drug-likeness (QED) is 0.782. The monoisotopic (exact) mass is 230 g/mol. The summed E-state index contributed by atoms with van der Waals surface area (Å²) in [5, 5.41) is 3.16. The Morgan fingerprint density at radius 1 is 1.35 bits per heavy atom. The summed E-state index contributed by atoms with van der Waals surface area (Å²) in [6.45, 7) is 0.646. The third-order valence-corrected chi connectivity index (χ3v) is 2.33. The fraction of sp³-hybridized carbons (Fsp3) is 0.167. The van der Waals surface area contributed by atoms with Gasteiger partial charge in [0.2, 0.25) is 0 Å². The third-order valence-electron chi connectivity index (χ3n) is 2.33. The highest BCUT2D eigenvalue weighted by atomic mass is 16.5. The van der Waals surface area contributed by atoms with Gasteiger partial charge in [0.05, 0.1) is 19.0 Å². The minimum absolute atomic E-state index is 0.631. The van der Waals surface area contributed by atoms with Gasteiger partial charge in [-0.2, -0.15) is 0 Å². The first-order chi connectivity index (χ1) is 8.29. The van der Waals surface area contributed by atoms with Crippen LogP contribution >= 0.6 is 0 Å². The van der Waals surface area contributed by atoms with Crippen LogP contribution in [-0.2, 0) is 6.54 Å². The Kier molecular flexibility index (Phi) is 3.40. The number of nitrogens with two attached hydrogens (primary N) is 1. The fourth-order valence-corrected chi connectivity index (χ4v) is 1.48. The second-order valence-electron chi connectivity index (χ2n) is 3.52. The van der Waals surface area contributed by atoms with Gasteiger partial charge in [-0.1, -0.05) is 6.07 Å². The lowest BCUT2D eigenvalue weighted by Crippen LogP contribution is -2.02. The summed E-state index contributed by atoms with van der Waals surface area (Å²) in [6, 6.07) is 5.68. The summed E-state index contributed by atoms with van der Waals surface area (Å²) < 4.78 is 5.09. The number of ether oxygens (including phenoxy) is 1. The highest BCUT2D eigenvalue weighted by Gasteiger charge is 2.00. The second kappa shape index (κ2) is 5.16. The van der Waals surface area contributed by atoms with Crippen LogP contribution in [0.1, 0.15) is 5.56 Å². The molecule has 1 aromatic heterocycles. The summed E-state index contributed by atoms with van der Waals surface area (Å²) in [5.74, 6) is 1.43. The molecular weight excluding hydrogens is 216 g/mol. The molecule has 0 bridgehead atoms. The van der Waals surface area contributed by atoms with E-state index < -0.39 is 0 Å². The van der Waals surface area contributed by atoms with Crippen LogP contribution in [0.25, 0.3) is 0 Å². The molecule has 0 saturated heterocycles. The molecule has 0 unspecified atom stereocenters. The number of nitrogens with one attached hydrogen (secondary N) is 1. The molecule has 0 fully saturated rings. The zero-order valence-electron chi connectivity index (χ0n) is 9.55. The van der Waals surface area contributed by atoms with Crippen LogP contribution in [0, 0.1) is 0 Å². The van der Waals surface area contributed by atoms with Crippen LogP contribution in [0.15, 0.2) is 36.8 Å². The van der Waals surface area contributed by atoms with Gasteiger partial charge in [0.15, 0.2) is 0 Å². The number of rotatable bonds is 4. The lowest BCUT2D eigenvalue weighted by Gasteiger charge is -2.08. The van der Waals surface area contributed by atoms with Crippen LogP contribution < -0.4 is 15.8 Å². The van der Waals surface area contributed by atoms with Gasteiger partial charge in [-0.25, -0.2) is 4.98 Å². The van der Waals surface area contributed by atoms with Crippen LogP contribution in [0.2, 0.25) is 0 Å². The van der Waals surface area contributed by atoms with Crippen molar-refractivity contribution < 1.29 is 4.74 Å². The summed E-state index contributed by atoms with van der Waals surface area (Å²) in [7, 11) is 1.60. The van der Waals surface area contributed by atoms with Gasteiger partial charge in [0, 0.05) is 18.9 Å². The molecule has 88 valence electrons. The van der Waals surface area contributed by atoms with E-state index in [4.69, 9.17) is 10.5 Å². The van der Waals surface area contributed by atoms with Gasteiger partial charge in [-0.05, 0) is 17.7 Å². The predicted molar refractivity (Wildman–Crippen MR) is 66.8 cm³/mol. The Hall–Kier alpha value is -2.30. The Morgan fingerprint density at radius 3 is 2.88 bits per heavy atom. The fourth-order valence-electron chi connectivity index (χ4n) is 1.48. The maximum atomic E-state index is 5.82. The first-order valence-corrected chi connectivity index (χ1v) is 5.22. The molecule has 0 radical (unpaired) electrons. The molecule has 0 aliphatic carbocycles. The van der Waals surface area contributed by atoms with E-state index in [2.05, 4.69) is 15.3 Å². The standard InChI is InChI=1S/C12H14N4O/c1-17-11-3-2-9(6-10(11)13)7-16-12-8-14-4-5-15-12/h2-6,8H,7,13H2,1H3,(H,15,16). The molecule has 0 amide bonds. The summed E-state index contributed by atoms with van der Waals surface area (Å²) in [5.41, 5.74) is 7.51. The minimum Gasteiger partial charge on any atom is -0.495 e. The van der Waals surface area contributed by atoms with Crippen molar-refractivity contribution >= 4 is 11.5 Å². The number of anilines is 2. The van der Waals surface area contributed by atoms with E-state index >= 15 is 0 Å². The molecule has 2 rings (SSSR count). The Balaban J connectivity index is 2.02. The van der Waals surface area contributed by atoms with Gasteiger partial charge in [0.1, 0.15) is 11.6 Å². The number of aromatic nitrogens is 2. The normalized spacial score (nSPS) is 9.94. The van der Waals surface area contributed by atoms with Crippen molar-refractivity contribution in [1.82, 2.24) is 9.97 Å². The zero-order chi connectivity index (χ0) is 12.1. The second-order valence-corrected chi connectivity index (χ2v) is 3.52. The van der Waals surface area contributed by atoms with Crippen LogP contribution in [0.4, 0.5) is 11.5 Å². The Bertz CT molecular complexity index is 487. The number of hydrogen-bond acceptors (Lipinski definition) is 5. The molecule has 3 N–H and O–H groups in total. The number of benzene rings is 1. The summed E-state index contributed by atoms with van der Waals surface area (Å²) in [6.07, 6.45) is 4.95. The largest absolute Gasteiger partial charge is 0.495 e. The lowest BCUT2D eigenvalue weighted by atomic mass is 10.2. The van der Waals surface area contributed by atoms with Crippen LogP contribution in [0.3, 0.4) is 0 Å². The highest BCUT2D eigenvalue weighted by Crippen LogP contribution is 2.22. The zero-order valence-corrected chi connectivity index (χ0v) is 9.55. The molecular formula is C12H14N4O. The van der Waals surface area contributed by atoms with Crippen molar-refractivity contribution in [3.63, 3.8) is 0 Å². The number of nitrogen functional groups attached to an aromatic ring is 1. The van der Waals surface area contributed by atoms with Gasteiger partial charge in [-0.3, -0.25) is 4.98 Å². The first-order valence-electron chi connectivity index (χ1n) is 5.22. The molecule has 0 aliphatic heterocycles. The number of hydrogen-bond donors (Lipinski definition) is 2. The van der Waals surface area contributed by atoms with Crippen molar-refractivity contribution in [2.24, 2.45) is 0 Å². The predicted octanol–water partition coefficient (Wildman–Crippen LogP) is 1.68. The Labute approximate surface area is 99.7 Å². The summed E-state index contributed by atoms with van der Waals surface area (Å²) >= 11 is 0. The van der Waals surface area contributed by atoms with Crippen LogP contribution in [0.5, 0.6) is 5.75 Å². The molecule has 0 aliphatic rings. The van der Waals surface area contributed by atoms with Crippen molar-refractivity contribution in [1.29, 1.82) is 0 Å². The molecule has 0 atom stereocenters. The SMILES string of the molecule is COc1ccc(CNc2cnccn2)cc1N. The smallest absolute Gasteiger partial charge is 0.144 e. The first kappa shape index (κ1) is 11.2. The van der Waals surface area contributed by atoms with Gasteiger partial charge in [0.25, 0.3) is 0 Å². The molecule has 0 saturated carbocycles. The molecule has 5 heteroatoms. The number of nitrogens with zero attached hydrogens (tertiary/aromatic N) is 2. The third kappa shape index (κ3) is 2.84. The molecule has 1 aromatic carbocycles. The van der Waals surface area contributed by atoms with E-state index in [1.54, 1.807) is 25.7 Å². The molecule has 1 heterocycles. The molecule has 5 nitrogen and oxygen atoms in total. The van der Waals surface area contributed by atoms with Crippen molar-refractivity contribution in [2.45, 2.75) is 6.54 Å². The van der Waals surface area contributed by atoms with Crippen molar-refractivity contribution in [3.8, 4) is 5.75 Å². The van der Waals surface area contributed by atoms with E-state index in [0.29, 0.717) is 18.0 Å². The van der Waals surface area contributed by atoms with Crippen molar-refractivity contribution in [2.75, 3.05) is 18.2 Å². The van der Waals surface area contributed by atoms with Crippen molar-refractivity contribution in [3.05, 3.63) is 42.4 Å². The molecule has 0 spiro atoms. The van der Waals surface area contributed by atoms with Crippen LogP contribution in [-0.4, -0.2) is 17.1 Å². The summed E-state index contributed by atoms with van der Waals surface area (Å²) in [4.78, 5) is 8.09. The van der Waals surface area contributed by atoms with E-state index in [1.165, 1.54) is 0 Å². The number of methoxy groups -OCH3 is 1. The molecule has 17 heavy (non-hydrogen) atoms. The maximum absolute atomic E-state index is 5.82. The van der Waals surface area contributed by atoms with E-state index in [9.17, 15) is 0 Å². The maximum Gasteiger partial charge on any atom is 0.144 e. The average molecular weight is 230 g/mol. The van der Waals surface area contributed by atoms with Gasteiger partial charge < -0.3 is 15.8 Å². The minimum atomic E-state index is 0.631. The van der Waals surface area contributed by atoms with Gasteiger partial charge >= 0.3 is 0 Å². The highest BCUT2D eigenvalue weighted by molar-refractivity contribution is 5.54. The molecule has 2 aromatic rings. The Morgan fingerprint density at radius 2 is 2.24 bits per heavy atom. The van der Waals surface area contributed by atoms with E-state index in [-0.39, 0.29) is 0 Å². The van der Waals surface area contributed by atoms with E-state index in [0.717, 1.165) is 11.4 Å². The lowest BCUT2D eigenvalue weighted by molar-refractivity contribution is 0.417.